The van der Waals surface area contributed by atoms with Gasteiger partial charge in [0.25, 0.3) is 0 Å². The summed E-state index contributed by atoms with van der Waals surface area (Å²) in [6.07, 6.45) is 3.79. The average Bonchev–Trinajstić information content (AvgIpc) is 2.78. The summed E-state index contributed by atoms with van der Waals surface area (Å²) in [7, 11) is -3.57. The lowest BCUT2D eigenvalue weighted by molar-refractivity contribution is 0.456. The van der Waals surface area contributed by atoms with Crippen molar-refractivity contribution in [2.45, 2.75) is 30.2 Å². The van der Waals surface area contributed by atoms with Crippen LogP contribution in [0.25, 0.3) is 0 Å². The van der Waals surface area contributed by atoms with E-state index in [2.05, 4.69) is 20.7 Å². The largest absolute Gasteiger partial charge is 0.241 e. The third-order valence-electron chi connectivity index (χ3n) is 5.21. The van der Waals surface area contributed by atoms with Crippen LogP contribution in [0.3, 0.4) is 0 Å². The van der Waals surface area contributed by atoms with Crippen molar-refractivity contribution in [3.05, 3.63) is 28.5 Å². The van der Waals surface area contributed by atoms with Gasteiger partial charge in [0.2, 0.25) is 10.0 Å². The first-order valence-electron chi connectivity index (χ1n) is 6.95. The van der Waals surface area contributed by atoms with Crippen LogP contribution in [-0.4, -0.2) is 14.5 Å². The Hall–Kier alpha value is -0.460. The highest BCUT2D eigenvalue weighted by Crippen LogP contribution is 2.65. The van der Waals surface area contributed by atoms with Crippen LogP contribution in [0.4, 0.5) is 4.39 Å². The van der Waals surface area contributed by atoms with Gasteiger partial charge in [-0.05, 0) is 77.1 Å². The van der Waals surface area contributed by atoms with Gasteiger partial charge in [-0.15, -0.1) is 0 Å². The van der Waals surface area contributed by atoms with Crippen molar-refractivity contribution in [3.8, 4) is 0 Å². The molecule has 20 heavy (non-hydrogen) atoms. The molecule has 0 radical (unpaired) electrons. The third-order valence-corrected chi connectivity index (χ3v) is 7.65. The Kier molecular flexibility index (Phi) is 2.82. The quantitative estimate of drug-likeness (QED) is 0.901. The Bertz CT molecular complexity index is 662. The van der Waals surface area contributed by atoms with Gasteiger partial charge in [-0.25, -0.2) is 17.5 Å². The van der Waals surface area contributed by atoms with Gasteiger partial charge in [0.15, 0.2) is 0 Å². The minimum Gasteiger partial charge on any atom is -0.207 e. The minimum atomic E-state index is -3.57. The van der Waals surface area contributed by atoms with Crippen LogP contribution in [0, 0.1) is 29.5 Å². The first kappa shape index (κ1) is 13.2. The Morgan fingerprint density at radius 2 is 1.85 bits per heavy atom. The van der Waals surface area contributed by atoms with Gasteiger partial charge in [0, 0.05) is 10.5 Å². The molecule has 108 valence electrons. The first-order valence-corrected chi connectivity index (χ1v) is 9.22. The van der Waals surface area contributed by atoms with Crippen molar-refractivity contribution in [1.82, 2.24) is 4.72 Å². The second kappa shape index (κ2) is 4.27. The SMILES string of the molecule is O=S(=O)(NC1C2C3CCC(C3)C12)c1ccc(F)cc1Br. The molecule has 4 rings (SSSR count). The van der Waals surface area contributed by atoms with Crippen LogP contribution < -0.4 is 4.72 Å². The van der Waals surface area contributed by atoms with E-state index in [9.17, 15) is 12.8 Å². The zero-order chi connectivity index (χ0) is 14.1. The molecule has 0 amide bonds. The predicted molar refractivity (Wildman–Crippen MR) is 76.0 cm³/mol. The maximum atomic E-state index is 13.1. The molecule has 3 aliphatic rings. The van der Waals surface area contributed by atoms with Gasteiger partial charge < -0.3 is 0 Å². The van der Waals surface area contributed by atoms with E-state index in [1.165, 1.54) is 37.5 Å². The molecule has 4 unspecified atom stereocenters. The summed E-state index contributed by atoms with van der Waals surface area (Å²) < 4.78 is 41.0. The van der Waals surface area contributed by atoms with E-state index in [1.54, 1.807) is 0 Å². The van der Waals surface area contributed by atoms with Crippen molar-refractivity contribution in [1.29, 1.82) is 0 Å². The standard InChI is InChI=1S/C14H15BrFNO2S/c15-10-6-9(16)3-4-11(10)20(18,19)17-14-12-7-1-2-8(5-7)13(12)14/h3-4,6-8,12-14,17H,1-2,5H2. The Labute approximate surface area is 126 Å². The zero-order valence-corrected chi connectivity index (χ0v) is 13.1. The van der Waals surface area contributed by atoms with Crippen molar-refractivity contribution in [2.24, 2.45) is 23.7 Å². The van der Waals surface area contributed by atoms with E-state index in [0.717, 1.165) is 0 Å². The van der Waals surface area contributed by atoms with Crippen LogP contribution >= 0.6 is 15.9 Å². The number of hydrogen-bond donors (Lipinski definition) is 1. The van der Waals surface area contributed by atoms with Gasteiger partial charge in [0.1, 0.15) is 5.82 Å². The minimum absolute atomic E-state index is 0.100. The number of sulfonamides is 1. The zero-order valence-electron chi connectivity index (χ0n) is 10.7. The highest BCUT2D eigenvalue weighted by molar-refractivity contribution is 9.10. The highest BCUT2D eigenvalue weighted by Gasteiger charge is 2.65. The summed E-state index contributed by atoms with van der Waals surface area (Å²) in [5, 5.41) is 0. The van der Waals surface area contributed by atoms with Crippen LogP contribution in [0.1, 0.15) is 19.3 Å². The van der Waals surface area contributed by atoms with Crippen LogP contribution in [0.2, 0.25) is 0 Å². The Morgan fingerprint density at radius 3 is 2.45 bits per heavy atom. The van der Waals surface area contributed by atoms with E-state index in [-0.39, 0.29) is 15.4 Å². The van der Waals surface area contributed by atoms with Crippen molar-refractivity contribution in [2.75, 3.05) is 0 Å². The number of fused-ring (bicyclic) bond motifs is 5. The van der Waals surface area contributed by atoms with Crippen molar-refractivity contribution >= 4 is 26.0 Å². The molecule has 1 N–H and O–H groups in total. The van der Waals surface area contributed by atoms with Crippen LogP contribution in [0.15, 0.2) is 27.6 Å². The molecule has 3 saturated carbocycles. The second-order valence-corrected chi connectivity index (χ2v) is 8.75. The summed E-state index contributed by atoms with van der Waals surface area (Å²) in [6.45, 7) is 0. The smallest absolute Gasteiger partial charge is 0.207 e. The molecular formula is C14H15BrFNO2S. The molecule has 0 heterocycles. The molecule has 0 spiro atoms. The number of hydrogen-bond acceptors (Lipinski definition) is 2. The fourth-order valence-corrected chi connectivity index (χ4v) is 6.77. The number of halogens is 2. The van der Waals surface area contributed by atoms with Gasteiger partial charge in [-0.3, -0.25) is 0 Å². The molecule has 1 aromatic rings. The van der Waals surface area contributed by atoms with Gasteiger partial charge in [-0.2, -0.15) is 0 Å². The number of rotatable bonds is 3. The highest BCUT2D eigenvalue weighted by atomic mass is 79.9. The second-order valence-electron chi connectivity index (χ2n) is 6.21. The molecule has 3 aliphatic carbocycles. The van der Waals surface area contributed by atoms with Gasteiger partial charge in [0.05, 0.1) is 4.90 Å². The summed E-state index contributed by atoms with van der Waals surface area (Å²) in [6, 6.07) is 3.78. The van der Waals surface area contributed by atoms with E-state index in [4.69, 9.17) is 0 Å². The summed E-state index contributed by atoms with van der Waals surface area (Å²) >= 11 is 3.13. The van der Waals surface area contributed by atoms with E-state index < -0.39 is 15.8 Å². The van der Waals surface area contributed by atoms with E-state index >= 15 is 0 Å². The predicted octanol–water partition coefficient (Wildman–Crippen LogP) is 2.91. The molecule has 1 aromatic carbocycles. The lowest BCUT2D eigenvalue weighted by Gasteiger charge is -2.12. The van der Waals surface area contributed by atoms with Crippen molar-refractivity contribution in [3.63, 3.8) is 0 Å². The normalized spacial score (nSPS) is 38.0. The molecule has 3 fully saturated rings. The number of benzene rings is 1. The maximum Gasteiger partial charge on any atom is 0.241 e. The lowest BCUT2D eigenvalue weighted by Crippen LogP contribution is -2.30. The van der Waals surface area contributed by atoms with Crippen LogP contribution in [-0.2, 0) is 10.0 Å². The molecule has 2 bridgehead atoms. The summed E-state index contributed by atoms with van der Waals surface area (Å²) in [5.41, 5.74) is 0. The fourth-order valence-electron chi connectivity index (χ4n) is 4.42. The molecular weight excluding hydrogens is 345 g/mol. The Morgan fingerprint density at radius 1 is 1.20 bits per heavy atom. The number of nitrogens with one attached hydrogen (secondary N) is 1. The maximum absolute atomic E-state index is 13.1. The Balaban J connectivity index is 1.57. The van der Waals surface area contributed by atoms with Crippen LogP contribution in [0.5, 0.6) is 0 Å². The first-order chi connectivity index (χ1) is 9.47. The molecule has 0 aliphatic heterocycles. The molecule has 4 atom stereocenters. The molecule has 0 aromatic heterocycles. The van der Waals surface area contributed by atoms with Gasteiger partial charge in [-0.1, -0.05) is 0 Å². The lowest BCUT2D eigenvalue weighted by atomic mass is 10.0. The average molecular weight is 360 g/mol. The monoisotopic (exact) mass is 359 g/mol. The molecule has 0 saturated heterocycles. The van der Waals surface area contributed by atoms with E-state index in [1.807, 2.05) is 0 Å². The summed E-state index contributed by atoms with van der Waals surface area (Å²) in [4.78, 5) is 0.122. The van der Waals surface area contributed by atoms with Gasteiger partial charge >= 0.3 is 0 Å². The fraction of sp³-hybridized carbons (Fsp3) is 0.571. The molecule has 6 heteroatoms. The summed E-state index contributed by atoms with van der Waals surface area (Å²) in [5.74, 6) is 2.08. The topological polar surface area (TPSA) is 46.2 Å². The third kappa shape index (κ3) is 1.88. The van der Waals surface area contributed by atoms with E-state index in [0.29, 0.717) is 23.7 Å². The molecule has 3 nitrogen and oxygen atoms in total. The van der Waals surface area contributed by atoms with Crippen molar-refractivity contribution < 1.29 is 12.8 Å².